The van der Waals surface area contributed by atoms with Gasteiger partial charge in [-0.2, -0.15) is 0 Å². The van der Waals surface area contributed by atoms with Gasteiger partial charge in [-0.1, -0.05) is 29.8 Å². The number of amides is 2. The molecule has 0 saturated carbocycles. The van der Waals surface area contributed by atoms with Crippen molar-refractivity contribution < 1.29 is 14.3 Å². The fourth-order valence-corrected chi connectivity index (χ4v) is 3.21. The van der Waals surface area contributed by atoms with Gasteiger partial charge in [0.05, 0.1) is 13.2 Å². The number of aryl methyl sites for hydroxylation is 1. The molecule has 0 radical (unpaired) electrons. The molecule has 28 heavy (non-hydrogen) atoms. The van der Waals surface area contributed by atoms with E-state index in [1.807, 2.05) is 0 Å². The standard InChI is InChI=1S/C21H24ClN3O3/c22-17-4-1-5-18(15-17)24-21(27)20(26)23-10-2-3-16-6-8-19(9-7-16)25-11-13-28-14-12-25/h1,4-9,15H,2-3,10-14H2,(H,23,26)(H,24,27). The lowest BCUT2D eigenvalue weighted by Gasteiger charge is -2.28. The van der Waals surface area contributed by atoms with E-state index < -0.39 is 11.8 Å². The van der Waals surface area contributed by atoms with Crippen molar-refractivity contribution in [3.05, 3.63) is 59.1 Å². The molecule has 148 valence electrons. The van der Waals surface area contributed by atoms with Crippen LogP contribution in [-0.2, 0) is 20.7 Å². The first-order chi connectivity index (χ1) is 13.6. The van der Waals surface area contributed by atoms with E-state index in [2.05, 4.69) is 39.8 Å². The molecule has 2 amide bonds. The van der Waals surface area contributed by atoms with Gasteiger partial charge in [0, 0.05) is 36.0 Å². The molecule has 0 spiro atoms. The van der Waals surface area contributed by atoms with Crippen LogP contribution >= 0.6 is 11.6 Å². The van der Waals surface area contributed by atoms with Crippen LogP contribution in [0.4, 0.5) is 11.4 Å². The number of rotatable bonds is 6. The van der Waals surface area contributed by atoms with Gasteiger partial charge in [-0.25, -0.2) is 0 Å². The maximum Gasteiger partial charge on any atom is 0.313 e. The molecule has 2 aromatic rings. The average Bonchev–Trinajstić information content (AvgIpc) is 2.72. The molecule has 0 atom stereocenters. The predicted molar refractivity (Wildman–Crippen MR) is 111 cm³/mol. The molecule has 7 heteroatoms. The molecule has 1 fully saturated rings. The Hall–Kier alpha value is -2.57. The summed E-state index contributed by atoms with van der Waals surface area (Å²) in [4.78, 5) is 26.1. The van der Waals surface area contributed by atoms with Crippen molar-refractivity contribution >= 4 is 34.8 Å². The number of benzene rings is 2. The van der Waals surface area contributed by atoms with Crippen LogP contribution in [0.1, 0.15) is 12.0 Å². The number of nitrogens with zero attached hydrogens (tertiary/aromatic N) is 1. The van der Waals surface area contributed by atoms with Gasteiger partial charge < -0.3 is 20.3 Å². The van der Waals surface area contributed by atoms with Crippen LogP contribution in [0.3, 0.4) is 0 Å². The van der Waals surface area contributed by atoms with Crippen LogP contribution in [0.25, 0.3) is 0 Å². The largest absolute Gasteiger partial charge is 0.378 e. The van der Waals surface area contributed by atoms with Crippen molar-refractivity contribution in [1.82, 2.24) is 5.32 Å². The van der Waals surface area contributed by atoms with E-state index >= 15 is 0 Å². The fourth-order valence-electron chi connectivity index (χ4n) is 3.02. The zero-order valence-corrected chi connectivity index (χ0v) is 16.4. The molecule has 0 aliphatic carbocycles. The second kappa shape index (κ2) is 10.1. The monoisotopic (exact) mass is 401 g/mol. The zero-order valence-electron chi connectivity index (χ0n) is 15.6. The summed E-state index contributed by atoms with van der Waals surface area (Å²) in [5.74, 6) is -1.35. The third-order valence-electron chi connectivity index (χ3n) is 4.53. The summed E-state index contributed by atoms with van der Waals surface area (Å²) < 4.78 is 5.37. The van der Waals surface area contributed by atoms with Gasteiger partial charge in [-0.05, 0) is 48.7 Å². The summed E-state index contributed by atoms with van der Waals surface area (Å²) in [6.07, 6.45) is 1.59. The first-order valence-corrected chi connectivity index (χ1v) is 9.76. The number of nitrogens with one attached hydrogen (secondary N) is 2. The Morgan fingerprint density at radius 1 is 1.04 bits per heavy atom. The van der Waals surface area contributed by atoms with Crippen LogP contribution in [0.5, 0.6) is 0 Å². The molecule has 1 aliphatic heterocycles. The first-order valence-electron chi connectivity index (χ1n) is 9.38. The molecule has 2 N–H and O–H groups in total. The number of ether oxygens (including phenoxy) is 1. The summed E-state index contributed by atoms with van der Waals surface area (Å²) in [5.41, 5.74) is 2.90. The van der Waals surface area contributed by atoms with Crippen LogP contribution in [0.15, 0.2) is 48.5 Å². The van der Waals surface area contributed by atoms with Crippen LogP contribution in [0.2, 0.25) is 5.02 Å². The normalized spacial score (nSPS) is 13.8. The van der Waals surface area contributed by atoms with Crippen molar-refractivity contribution in [1.29, 1.82) is 0 Å². The highest BCUT2D eigenvalue weighted by atomic mass is 35.5. The summed E-state index contributed by atoms with van der Waals surface area (Å²) >= 11 is 5.86. The maximum absolute atomic E-state index is 11.9. The maximum atomic E-state index is 11.9. The Kier molecular flexibility index (Phi) is 7.28. The van der Waals surface area contributed by atoms with Crippen molar-refractivity contribution in [3.63, 3.8) is 0 Å². The lowest BCUT2D eigenvalue weighted by atomic mass is 10.1. The first kappa shape index (κ1) is 20.2. The van der Waals surface area contributed by atoms with Gasteiger partial charge in [0.1, 0.15) is 0 Å². The molecule has 0 aromatic heterocycles. The smallest absolute Gasteiger partial charge is 0.313 e. The van der Waals surface area contributed by atoms with Crippen molar-refractivity contribution in [2.24, 2.45) is 0 Å². The summed E-state index contributed by atoms with van der Waals surface area (Å²) in [6.45, 7) is 3.82. The van der Waals surface area contributed by atoms with Gasteiger partial charge in [-0.15, -0.1) is 0 Å². The number of carbonyl (C=O) groups is 2. The fraction of sp³-hybridized carbons (Fsp3) is 0.333. The lowest BCUT2D eigenvalue weighted by Crippen LogP contribution is -2.36. The SMILES string of the molecule is O=C(NCCCc1ccc(N2CCOCC2)cc1)C(=O)Nc1cccc(Cl)c1. The Labute approximate surface area is 169 Å². The van der Waals surface area contributed by atoms with Gasteiger partial charge in [0.2, 0.25) is 0 Å². The van der Waals surface area contributed by atoms with E-state index in [0.717, 1.165) is 39.1 Å². The van der Waals surface area contributed by atoms with Crippen LogP contribution < -0.4 is 15.5 Å². The van der Waals surface area contributed by atoms with Crippen LogP contribution in [-0.4, -0.2) is 44.7 Å². The number of anilines is 2. The Morgan fingerprint density at radius 3 is 2.50 bits per heavy atom. The summed E-state index contributed by atoms with van der Waals surface area (Å²) in [6, 6.07) is 15.1. The quantitative estimate of drug-likeness (QED) is 0.576. The van der Waals surface area contributed by atoms with Gasteiger partial charge in [0.15, 0.2) is 0 Å². The minimum absolute atomic E-state index is 0.438. The Bertz CT molecular complexity index is 805. The molecule has 2 aromatic carbocycles. The van der Waals surface area contributed by atoms with Crippen molar-refractivity contribution in [2.45, 2.75) is 12.8 Å². The third kappa shape index (κ3) is 5.97. The van der Waals surface area contributed by atoms with Gasteiger partial charge in [0.25, 0.3) is 0 Å². The minimum atomic E-state index is -0.697. The van der Waals surface area contributed by atoms with Crippen molar-refractivity contribution in [2.75, 3.05) is 43.1 Å². The molecular weight excluding hydrogens is 378 g/mol. The van der Waals surface area contributed by atoms with Gasteiger partial charge in [-0.3, -0.25) is 9.59 Å². The number of halogens is 1. The average molecular weight is 402 g/mol. The topological polar surface area (TPSA) is 70.7 Å². The van der Waals surface area contributed by atoms with E-state index in [-0.39, 0.29) is 0 Å². The van der Waals surface area contributed by atoms with E-state index in [4.69, 9.17) is 16.3 Å². The molecule has 0 unspecified atom stereocenters. The molecule has 6 nitrogen and oxygen atoms in total. The van der Waals surface area contributed by atoms with E-state index in [1.165, 1.54) is 11.3 Å². The predicted octanol–water partition coefficient (Wildman–Crippen LogP) is 2.86. The molecule has 1 saturated heterocycles. The Balaban J connectivity index is 1.37. The lowest BCUT2D eigenvalue weighted by molar-refractivity contribution is -0.136. The molecule has 3 rings (SSSR count). The summed E-state index contributed by atoms with van der Waals surface area (Å²) in [7, 11) is 0. The highest BCUT2D eigenvalue weighted by Gasteiger charge is 2.13. The highest BCUT2D eigenvalue weighted by Crippen LogP contribution is 2.17. The van der Waals surface area contributed by atoms with E-state index in [9.17, 15) is 9.59 Å². The van der Waals surface area contributed by atoms with Crippen molar-refractivity contribution in [3.8, 4) is 0 Å². The highest BCUT2D eigenvalue weighted by molar-refractivity contribution is 6.39. The zero-order chi connectivity index (χ0) is 19.8. The third-order valence-corrected chi connectivity index (χ3v) is 4.76. The minimum Gasteiger partial charge on any atom is -0.378 e. The molecule has 1 heterocycles. The number of morpholine rings is 1. The summed E-state index contributed by atoms with van der Waals surface area (Å²) in [5, 5.41) is 5.67. The second-order valence-electron chi connectivity index (χ2n) is 6.59. The molecule has 1 aliphatic rings. The van der Waals surface area contributed by atoms with Gasteiger partial charge >= 0.3 is 11.8 Å². The second-order valence-corrected chi connectivity index (χ2v) is 7.03. The van der Waals surface area contributed by atoms with Crippen LogP contribution in [0, 0.1) is 0 Å². The molecular formula is C21H24ClN3O3. The number of carbonyl (C=O) groups excluding carboxylic acids is 2. The number of hydrogen-bond acceptors (Lipinski definition) is 4. The van der Waals surface area contributed by atoms with E-state index in [0.29, 0.717) is 17.3 Å². The number of hydrogen-bond donors (Lipinski definition) is 2. The van der Waals surface area contributed by atoms with E-state index in [1.54, 1.807) is 24.3 Å². The molecule has 0 bridgehead atoms. The Morgan fingerprint density at radius 2 is 1.79 bits per heavy atom.